The lowest BCUT2D eigenvalue weighted by Crippen LogP contribution is -2.45. The molecular weight excluding hydrogens is 402 g/mol. The second-order valence-corrected chi connectivity index (χ2v) is 8.71. The maximum absolute atomic E-state index is 13.8. The van der Waals surface area contributed by atoms with Crippen LogP contribution in [0.25, 0.3) is 0 Å². The molecule has 1 heterocycles. The molecule has 1 amide bonds. The first-order chi connectivity index (χ1) is 13.8. The van der Waals surface area contributed by atoms with E-state index in [1.807, 2.05) is 0 Å². The van der Waals surface area contributed by atoms with E-state index in [2.05, 4.69) is 5.32 Å². The molecule has 0 radical (unpaired) electrons. The van der Waals surface area contributed by atoms with E-state index in [-0.39, 0.29) is 17.0 Å². The normalized spacial score (nSPS) is 17.7. The van der Waals surface area contributed by atoms with Crippen LogP contribution in [-0.2, 0) is 14.8 Å². The van der Waals surface area contributed by atoms with Gasteiger partial charge in [-0.05, 0) is 49.2 Å². The fourth-order valence-corrected chi connectivity index (χ4v) is 5.08. The average Bonchev–Trinajstić information content (AvgIpc) is 2.70. The second-order valence-electron chi connectivity index (χ2n) is 6.82. The number of rotatable bonds is 6. The van der Waals surface area contributed by atoms with E-state index in [9.17, 15) is 22.0 Å². The number of carbonyl (C=O) groups is 1. The van der Waals surface area contributed by atoms with Crippen LogP contribution in [0.1, 0.15) is 25.7 Å². The van der Waals surface area contributed by atoms with Crippen LogP contribution in [0.2, 0.25) is 0 Å². The van der Waals surface area contributed by atoms with E-state index in [4.69, 9.17) is 4.74 Å². The summed E-state index contributed by atoms with van der Waals surface area (Å²) in [6.45, 7) is 0.303. The molecular formula is C20H22F2N2O4S. The maximum atomic E-state index is 13.8. The van der Waals surface area contributed by atoms with Crippen molar-refractivity contribution in [1.82, 2.24) is 4.31 Å². The molecule has 0 saturated carbocycles. The molecule has 29 heavy (non-hydrogen) atoms. The van der Waals surface area contributed by atoms with Crippen LogP contribution in [-0.4, -0.2) is 38.3 Å². The first-order valence-electron chi connectivity index (χ1n) is 9.22. The summed E-state index contributed by atoms with van der Waals surface area (Å²) in [5.74, 6) is -1.62. The molecule has 156 valence electrons. The maximum Gasteiger partial charge on any atom is 0.243 e. The first kappa shape index (κ1) is 21.2. The van der Waals surface area contributed by atoms with Gasteiger partial charge in [0.05, 0.1) is 17.7 Å². The summed E-state index contributed by atoms with van der Waals surface area (Å²) in [4.78, 5) is 12.5. The van der Waals surface area contributed by atoms with Crippen LogP contribution in [0, 0.1) is 11.6 Å². The van der Waals surface area contributed by atoms with E-state index >= 15 is 0 Å². The molecule has 6 nitrogen and oxygen atoms in total. The first-order valence-corrected chi connectivity index (χ1v) is 10.7. The molecule has 0 bridgehead atoms. The van der Waals surface area contributed by atoms with Crippen LogP contribution < -0.4 is 10.1 Å². The Morgan fingerprint density at radius 2 is 1.90 bits per heavy atom. The van der Waals surface area contributed by atoms with E-state index in [1.54, 1.807) is 12.1 Å². The third kappa shape index (κ3) is 4.91. The Labute approximate surface area is 168 Å². The number of amides is 1. The summed E-state index contributed by atoms with van der Waals surface area (Å²) in [5, 5.41) is 2.39. The standard InChI is InChI=1S/C20H22F2N2O4S/c1-28-16-6-8-17(9-7-16)29(26,27)24-11-3-2-4-15(24)13-20(25)23-19-10-5-14(21)12-18(19)22/h5-10,12,15H,2-4,11,13H2,1H3,(H,23,25). The van der Waals surface area contributed by atoms with Crippen molar-refractivity contribution in [3.05, 3.63) is 54.1 Å². The monoisotopic (exact) mass is 424 g/mol. The number of nitrogens with zero attached hydrogens (tertiary/aromatic N) is 1. The topological polar surface area (TPSA) is 75.7 Å². The number of halogens is 2. The number of benzene rings is 2. The highest BCUT2D eigenvalue weighted by Gasteiger charge is 2.34. The van der Waals surface area contributed by atoms with Gasteiger partial charge in [0.1, 0.15) is 17.4 Å². The Morgan fingerprint density at radius 1 is 1.17 bits per heavy atom. The Morgan fingerprint density at radius 3 is 2.55 bits per heavy atom. The Hall–Kier alpha value is -2.52. The van der Waals surface area contributed by atoms with Crippen molar-refractivity contribution in [3.63, 3.8) is 0 Å². The van der Waals surface area contributed by atoms with Gasteiger partial charge < -0.3 is 10.1 Å². The van der Waals surface area contributed by atoms with E-state index in [1.165, 1.54) is 23.5 Å². The van der Waals surface area contributed by atoms with Crippen LogP contribution in [0.5, 0.6) is 5.75 Å². The third-order valence-electron chi connectivity index (χ3n) is 4.87. The van der Waals surface area contributed by atoms with Crippen molar-refractivity contribution in [2.75, 3.05) is 19.0 Å². The van der Waals surface area contributed by atoms with E-state index in [0.29, 0.717) is 31.2 Å². The minimum atomic E-state index is -3.79. The lowest BCUT2D eigenvalue weighted by atomic mass is 10.0. The molecule has 0 aliphatic carbocycles. The number of carbonyl (C=O) groups excluding carboxylic acids is 1. The Balaban J connectivity index is 1.75. The zero-order chi connectivity index (χ0) is 21.0. The molecule has 9 heteroatoms. The zero-order valence-corrected chi connectivity index (χ0v) is 16.7. The van der Waals surface area contributed by atoms with Crippen molar-refractivity contribution in [1.29, 1.82) is 0 Å². The van der Waals surface area contributed by atoms with E-state index in [0.717, 1.165) is 18.6 Å². The van der Waals surface area contributed by atoms with Crippen LogP contribution in [0.3, 0.4) is 0 Å². The SMILES string of the molecule is COc1ccc(S(=O)(=O)N2CCCCC2CC(=O)Nc2ccc(F)cc2F)cc1. The lowest BCUT2D eigenvalue weighted by molar-refractivity contribution is -0.117. The van der Waals surface area contributed by atoms with Crippen molar-refractivity contribution < 1.29 is 26.7 Å². The minimum Gasteiger partial charge on any atom is -0.497 e. The van der Waals surface area contributed by atoms with Gasteiger partial charge in [-0.25, -0.2) is 17.2 Å². The predicted molar refractivity (Wildman–Crippen MR) is 104 cm³/mol. The van der Waals surface area contributed by atoms with Gasteiger partial charge in [-0.3, -0.25) is 4.79 Å². The van der Waals surface area contributed by atoms with E-state index < -0.39 is 33.6 Å². The highest BCUT2D eigenvalue weighted by molar-refractivity contribution is 7.89. The lowest BCUT2D eigenvalue weighted by Gasteiger charge is -2.34. The number of nitrogens with one attached hydrogen (secondary N) is 1. The number of piperidine rings is 1. The number of anilines is 1. The van der Waals surface area contributed by atoms with Crippen LogP contribution in [0.4, 0.5) is 14.5 Å². The highest BCUT2D eigenvalue weighted by atomic mass is 32.2. The van der Waals surface area contributed by atoms with Crippen molar-refractivity contribution in [2.45, 2.75) is 36.6 Å². The number of sulfonamides is 1. The highest BCUT2D eigenvalue weighted by Crippen LogP contribution is 2.28. The van der Waals surface area contributed by atoms with Crippen molar-refractivity contribution in [2.24, 2.45) is 0 Å². The van der Waals surface area contributed by atoms with Gasteiger partial charge in [-0.1, -0.05) is 6.42 Å². The van der Waals surface area contributed by atoms with Crippen LogP contribution >= 0.6 is 0 Å². The predicted octanol–water partition coefficient (Wildman–Crippen LogP) is 3.55. The summed E-state index contributed by atoms with van der Waals surface area (Å²) in [6, 6.07) is 8.37. The molecule has 3 rings (SSSR count). The molecule has 1 N–H and O–H groups in total. The fraction of sp³-hybridized carbons (Fsp3) is 0.350. The molecule has 2 aromatic rings. The van der Waals surface area contributed by atoms with Gasteiger partial charge >= 0.3 is 0 Å². The molecule has 2 aromatic carbocycles. The summed E-state index contributed by atoms with van der Waals surface area (Å²) in [6.07, 6.45) is 1.89. The smallest absolute Gasteiger partial charge is 0.243 e. The molecule has 1 aliphatic heterocycles. The summed E-state index contributed by atoms with van der Waals surface area (Å²) >= 11 is 0. The summed E-state index contributed by atoms with van der Waals surface area (Å²) in [7, 11) is -2.30. The zero-order valence-electron chi connectivity index (χ0n) is 15.9. The largest absolute Gasteiger partial charge is 0.497 e. The van der Waals surface area contributed by atoms with Gasteiger partial charge in [0.2, 0.25) is 15.9 Å². The minimum absolute atomic E-state index is 0.119. The quantitative estimate of drug-likeness (QED) is 0.770. The molecule has 1 atom stereocenters. The summed E-state index contributed by atoms with van der Waals surface area (Å²) < 4.78 is 59.3. The molecule has 1 saturated heterocycles. The number of ether oxygens (including phenoxy) is 1. The number of methoxy groups -OCH3 is 1. The van der Waals surface area contributed by atoms with Crippen LogP contribution in [0.15, 0.2) is 47.4 Å². The molecule has 0 spiro atoms. The molecule has 0 aromatic heterocycles. The third-order valence-corrected chi connectivity index (χ3v) is 6.83. The van der Waals surface area contributed by atoms with Gasteiger partial charge in [0, 0.05) is 25.1 Å². The Bertz CT molecular complexity index is 980. The average molecular weight is 424 g/mol. The van der Waals surface area contributed by atoms with Gasteiger partial charge in [0.25, 0.3) is 0 Å². The van der Waals surface area contributed by atoms with Crippen molar-refractivity contribution >= 4 is 21.6 Å². The summed E-state index contributed by atoms with van der Waals surface area (Å²) in [5.41, 5.74) is -0.142. The fourth-order valence-electron chi connectivity index (χ4n) is 3.38. The molecule has 1 fully saturated rings. The van der Waals surface area contributed by atoms with Gasteiger partial charge in [-0.15, -0.1) is 0 Å². The van der Waals surface area contributed by atoms with Gasteiger partial charge in [-0.2, -0.15) is 4.31 Å². The van der Waals surface area contributed by atoms with Crippen molar-refractivity contribution in [3.8, 4) is 5.75 Å². The van der Waals surface area contributed by atoms with Gasteiger partial charge in [0.15, 0.2) is 0 Å². The molecule has 1 unspecified atom stereocenters. The number of hydrogen-bond acceptors (Lipinski definition) is 4. The Kier molecular flexibility index (Phi) is 6.49. The second kappa shape index (κ2) is 8.87. The molecule has 1 aliphatic rings. The number of hydrogen-bond donors (Lipinski definition) is 1.